The van der Waals surface area contributed by atoms with E-state index >= 15 is 0 Å². The molecule has 0 saturated heterocycles. The van der Waals surface area contributed by atoms with Crippen LogP contribution < -0.4 is 21.5 Å². The van der Waals surface area contributed by atoms with Crippen LogP contribution in [0, 0.1) is 13.8 Å². The van der Waals surface area contributed by atoms with E-state index in [1.807, 2.05) is 52.8 Å². The third kappa shape index (κ3) is 6.95. The molecular formula is C22H28N4O3. The monoisotopic (exact) mass is 396 g/mol. The van der Waals surface area contributed by atoms with Crippen LogP contribution in [-0.4, -0.2) is 29.8 Å². The second kappa shape index (κ2) is 9.23. The Bertz CT molecular complexity index is 899. The van der Waals surface area contributed by atoms with E-state index in [4.69, 9.17) is 0 Å². The lowest BCUT2D eigenvalue weighted by molar-refractivity contribution is -0.120. The van der Waals surface area contributed by atoms with E-state index in [0.29, 0.717) is 11.1 Å². The molecule has 0 aliphatic rings. The highest BCUT2D eigenvalue weighted by molar-refractivity contribution is 5.98. The fourth-order valence-corrected chi connectivity index (χ4v) is 2.62. The number of rotatable bonds is 5. The summed E-state index contributed by atoms with van der Waals surface area (Å²) in [5, 5.41) is 5.89. The van der Waals surface area contributed by atoms with Crippen LogP contribution in [0.5, 0.6) is 0 Å². The van der Waals surface area contributed by atoms with E-state index in [1.54, 1.807) is 12.1 Å². The van der Waals surface area contributed by atoms with Gasteiger partial charge in [0.1, 0.15) is 0 Å². The van der Waals surface area contributed by atoms with Gasteiger partial charge in [0.15, 0.2) is 0 Å². The number of carbonyl (C=O) groups is 3. The minimum Gasteiger partial charge on any atom is -0.376 e. The highest BCUT2D eigenvalue weighted by Crippen LogP contribution is 2.15. The Morgan fingerprint density at radius 1 is 0.828 bits per heavy atom. The Labute approximate surface area is 171 Å². The molecule has 3 amide bonds. The first-order valence-corrected chi connectivity index (χ1v) is 9.38. The molecule has 0 aliphatic carbocycles. The summed E-state index contributed by atoms with van der Waals surface area (Å²) in [5.74, 6) is -1.05. The number of hydrazine groups is 1. The molecule has 4 N–H and O–H groups in total. The molecule has 0 atom stereocenters. The summed E-state index contributed by atoms with van der Waals surface area (Å²) >= 11 is 0. The van der Waals surface area contributed by atoms with E-state index in [9.17, 15) is 14.4 Å². The Hall–Kier alpha value is -3.35. The Morgan fingerprint density at radius 3 is 1.97 bits per heavy atom. The number of amides is 3. The number of anilines is 1. The number of hydrogen-bond donors (Lipinski definition) is 4. The molecule has 0 aliphatic heterocycles. The largest absolute Gasteiger partial charge is 0.376 e. The van der Waals surface area contributed by atoms with Gasteiger partial charge < -0.3 is 10.6 Å². The predicted molar refractivity (Wildman–Crippen MR) is 114 cm³/mol. The highest BCUT2D eigenvalue weighted by Gasteiger charge is 2.16. The first kappa shape index (κ1) is 21.9. The molecule has 0 aromatic heterocycles. The number of carbonyl (C=O) groups excluding carboxylic acids is 3. The zero-order valence-electron chi connectivity index (χ0n) is 17.5. The first-order valence-electron chi connectivity index (χ1n) is 9.38. The van der Waals surface area contributed by atoms with Crippen molar-refractivity contribution in [3.05, 3.63) is 64.7 Å². The van der Waals surface area contributed by atoms with E-state index in [-0.39, 0.29) is 23.9 Å². The van der Waals surface area contributed by atoms with Gasteiger partial charge in [0.2, 0.25) is 0 Å². The molecule has 0 unspecified atom stereocenters. The van der Waals surface area contributed by atoms with Gasteiger partial charge in [0, 0.05) is 22.4 Å². The molecule has 0 saturated carbocycles. The SMILES string of the molecule is Cc1ccc(NCC(=O)NNC(=O)c2ccc(C(=O)NC(C)(C)C)cc2)c(C)c1. The van der Waals surface area contributed by atoms with Gasteiger partial charge >= 0.3 is 0 Å². The smallest absolute Gasteiger partial charge is 0.269 e. The molecular weight excluding hydrogens is 368 g/mol. The molecule has 7 nitrogen and oxygen atoms in total. The fourth-order valence-electron chi connectivity index (χ4n) is 2.62. The van der Waals surface area contributed by atoms with E-state index in [1.165, 1.54) is 12.1 Å². The van der Waals surface area contributed by atoms with Crippen molar-refractivity contribution in [3.8, 4) is 0 Å². The van der Waals surface area contributed by atoms with Crippen molar-refractivity contribution in [3.63, 3.8) is 0 Å². The van der Waals surface area contributed by atoms with Gasteiger partial charge in [-0.25, -0.2) is 0 Å². The molecule has 0 heterocycles. The molecule has 0 spiro atoms. The van der Waals surface area contributed by atoms with Crippen molar-refractivity contribution in [2.75, 3.05) is 11.9 Å². The topological polar surface area (TPSA) is 99.3 Å². The van der Waals surface area contributed by atoms with Crippen molar-refractivity contribution in [1.82, 2.24) is 16.2 Å². The zero-order valence-corrected chi connectivity index (χ0v) is 17.5. The summed E-state index contributed by atoms with van der Waals surface area (Å²) < 4.78 is 0. The lowest BCUT2D eigenvalue weighted by atomic mass is 10.1. The van der Waals surface area contributed by atoms with Crippen molar-refractivity contribution in [1.29, 1.82) is 0 Å². The minimum absolute atomic E-state index is 0.0239. The van der Waals surface area contributed by atoms with Crippen LogP contribution in [0.15, 0.2) is 42.5 Å². The van der Waals surface area contributed by atoms with Gasteiger partial charge in [-0.15, -0.1) is 0 Å². The van der Waals surface area contributed by atoms with Crippen LogP contribution in [0.4, 0.5) is 5.69 Å². The third-order valence-electron chi connectivity index (χ3n) is 4.03. The molecule has 0 fully saturated rings. The molecule has 0 bridgehead atoms. The maximum Gasteiger partial charge on any atom is 0.269 e. The summed E-state index contributed by atoms with van der Waals surface area (Å²) in [6.45, 7) is 9.66. The number of benzene rings is 2. The van der Waals surface area contributed by atoms with Crippen molar-refractivity contribution < 1.29 is 14.4 Å². The molecule has 7 heteroatoms. The average Bonchev–Trinajstić information content (AvgIpc) is 2.64. The lowest BCUT2D eigenvalue weighted by Crippen LogP contribution is -2.44. The summed E-state index contributed by atoms with van der Waals surface area (Å²) in [4.78, 5) is 36.3. The summed E-state index contributed by atoms with van der Waals surface area (Å²) in [6.07, 6.45) is 0. The summed E-state index contributed by atoms with van der Waals surface area (Å²) in [5.41, 5.74) is 8.23. The zero-order chi connectivity index (χ0) is 21.6. The van der Waals surface area contributed by atoms with Crippen LogP contribution in [-0.2, 0) is 4.79 Å². The van der Waals surface area contributed by atoms with E-state index in [0.717, 1.165) is 16.8 Å². The maximum atomic E-state index is 12.2. The normalized spacial score (nSPS) is 10.8. The summed E-state index contributed by atoms with van der Waals surface area (Å²) in [7, 11) is 0. The highest BCUT2D eigenvalue weighted by atomic mass is 16.2. The van der Waals surface area contributed by atoms with Crippen molar-refractivity contribution in [2.24, 2.45) is 0 Å². The van der Waals surface area contributed by atoms with Crippen LogP contribution in [0.2, 0.25) is 0 Å². The maximum absolute atomic E-state index is 12.2. The quantitative estimate of drug-likeness (QED) is 0.584. The Morgan fingerprint density at radius 2 is 1.41 bits per heavy atom. The Balaban J connectivity index is 1.83. The molecule has 2 aromatic carbocycles. The Kier molecular flexibility index (Phi) is 6.98. The van der Waals surface area contributed by atoms with Crippen LogP contribution in [0.3, 0.4) is 0 Å². The molecule has 154 valence electrons. The summed E-state index contributed by atoms with van der Waals surface area (Å²) in [6, 6.07) is 12.1. The third-order valence-corrected chi connectivity index (χ3v) is 4.03. The van der Waals surface area contributed by atoms with Crippen molar-refractivity contribution in [2.45, 2.75) is 40.2 Å². The molecule has 2 rings (SSSR count). The molecule has 29 heavy (non-hydrogen) atoms. The van der Waals surface area contributed by atoms with Gasteiger partial charge in [0.25, 0.3) is 17.7 Å². The standard InChI is InChI=1S/C22H28N4O3/c1-14-6-11-18(15(2)12-14)23-13-19(27)25-26-21(29)17-9-7-16(8-10-17)20(28)24-22(3,4)5/h6-12,23H,13H2,1-5H3,(H,24,28)(H,25,27)(H,26,29). The minimum atomic E-state index is -0.465. The van der Waals surface area contributed by atoms with Crippen LogP contribution >= 0.6 is 0 Å². The van der Waals surface area contributed by atoms with E-state index < -0.39 is 5.91 Å². The fraction of sp³-hybridized carbons (Fsp3) is 0.318. The van der Waals surface area contributed by atoms with Gasteiger partial charge in [-0.05, 0) is 70.5 Å². The van der Waals surface area contributed by atoms with Gasteiger partial charge in [0.05, 0.1) is 6.54 Å². The number of aryl methyl sites for hydroxylation is 2. The first-order chi connectivity index (χ1) is 13.5. The number of hydrogen-bond acceptors (Lipinski definition) is 4. The molecule has 2 aromatic rings. The lowest BCUT2D eigenvalue weighted by Gasteiger charge is -2.20. The second-order valence-corrected chi connectivity index (χ2v) is 7.96. The van der Waals surface area contributed by atoms with E-state index in [2.05, 4.69) is 21.5 Å². The van der Waals surface area contributed by atoms with Crippen LogP contribution in [0.25, 0.3) is 0 Å². The average molecular weight is 396 g/mol. The second-order valence-electron chi connectivity index (χ2n) is 7.96. The number of nitrogens with one attached hydrogen (secondary N) is 4. The predicted octanol–water partition coefficient (Wildman–Crippen LogP) is 2.70. The van der Waals surface area contributed by atoms with Gasteiger partial charge in [-0.1, -0.05) is 17.7 Å². The van der Waals surface area contributed by atoms with Crippen LogP contribution in [0.1, 0.15) is 52.6 Å². The van der Waals surface area contributed by atoms with Gasteiger partial charge in [-0.3, -0.25) is 25.2 Å². The van der Waals surface area contributed by atoms with Crippen molar-refractivity contribution >= 4 is 23.4 Å². The van der Waals surface area contributed by atoms with Gasteiger partial charge in [-0.2, -0.15) is 0 Å². The molecule has 0 radical (unpaired) electrons.